The Balaban J connectivity index is 4.21. The van der Waals surface area contributed by atoms with Gasteiger partial charge in [0.2, 0.25) is 8.32 Å². The van der Waals surface area contributed by atoms with Crippen LogP contribution in [0, 0.1) is 0 Å². The van der Waals surface area contributed by atoms with Crippen LogP contribution >= 0.6 is 7.37 Å². The summed E-state index contributed by atoms with van der Waals surface area (Å²) in [7, 11) is -4.50. The van der Waals surface area contributed by atoms with Crippen LogP contribution in [-0.4, -0.2) is 33.7 Å². The Labute approximate surface area is 86.6 Å². The average molecular weight is 238 g/mol. The number of hydrogen-bond donors (Lipinski definition) is 0. The molecule has 0 spiro atoms. The average Bonchev–Trinajstić information content (AvgIpc) is 1.78. The molecule has 0 bridgehead atoms. The minimum atomic E-state index is -2.63. The van der Waals surface area contributed by atoms with Gasteiger partial charge in [0.15, 0.2) is 13.5 Å². The number of carbonyl (C=O) groups excluding carboxylic acids is 1. The van der Waals surface area contributed by atoms with Crippen molar-refractivity contribution in [1.29, 1.82) is 0 Å². The molecule has 0 radical (unpaired) electrons. The summed E-state index contributed by atoms with van der Waals surface area (Å²) < 4.78 is 21.5. The second kappa shape index (κ2) is 4.60. The van der Waals surface area contributed by atoms with Gasteiger partial charge in [0.25, 0.3) is 0 Å². The molecule has 0 fully saturated rings. The van der Waals surface area contributed by atoms with Crippen molar-refractivity contribution in [3.05, 3.63) is 0 Å². The Morgan fingerprint density at radius 1 is 1.29 bits per heavy atom. The zero-order valence-corrected chi connectivity index (χ0v) is 11.6. The normalized spacial score (nSPS) is 15.0. The Hall–Kier alpha value is -0.123. The van der Waals surface area contributed by atoms with Gasteiger partial charge in [0, 0.05) is 13.3 Å². The Kier molecular flexibility index (Phi) is 4.56. The highest BCUT2D eigenvalue weighted by Gasteiger charge is 2.26. The molecule has 14 heavy (non-hydrogen) atoms. The van der Waals surface area contributed by atoms with Crippen molar-refractivity contribution in [3.63, 3.8) is 0 Å². The van der Waals surface area contributed by atoms with Crippen LogP contribution in [0.3, 0.4) is 0 Å². The summed E-state index contributed by atoms with van der Waals surface area (Å²) >= 11 is 0. The second-order valence-corrected chi connectivity index (χ2v) is 11.7. The molecule has 0 aliphatic carbocycles. The van der Waals surface area contributed by atoms with Crippen molar-refractivity contribution in [2.75, 3.05) is 13.3 Å². The Bertz CT molecular complexity index is 253. The molecule has 1 unspecified atom stereocenters. The number of carbonyl (C=O) groups is 1. The molecule has 0 aromatic carbocycles. The van der Waals surface area contributed by atoms with Crippen molar-refractivity contribution < 1.29 is 18.3 Å². The van der Waals surface area contributed by atoms with E-state index in [-0.39, 0.29) is 0 Å². The van der Waals surface area contributed by atoms with Gasteiger partial charge >= 0.3 is 5.97 Å². The van der Waals surface area contributed by atoms with E-state index in [1.807, 2.05) is 19.6 Å². The van der Waals surface area contributed by atoms with Gasteiger partial charge in [-0.05, 0) is 26.6 Å². The first-order chi connectivity index (χ1) is 6.01. The SMILES string of the molecule is CC(OP(C)(C)=O)C(=O)O[Si](C)(C)C. The fraction of sp³-hybridized carbons (Fsp3) is 0.875. The smallest absolute Gasteiger partial charge is 0.322 e. The molecule has 0 aromatic rings. The minimum absolute atomic E-state index is 0.423. The third-order valence-electron chi connectivity index (χ3n) is 1.15. The lowest BCUT2D eigenvalue weighted by Gasteiger charge is -2.21. The molecule has 84 valence electrons. The number of rotatable bonds is 4. The lowest BCUT2D eigenvalue weighted by atomic mass is 10.4. The van der Waals surface area contributed by atoms with E-state index < -0.39 is 27.8 Å². The zero-order chi connectivity index (χ0) is 11.6. The lowest BCUT2D eigenvalue weighted by molar-refractivity contribution is -0.142. The van der Waals surface area contributed by atoms with Gasteiger partial charge in [0.1, 0.15) is 0 Å². The first-order valence-corrected chi connectivity index (χ1v) is 10.4. The Morgan fingerprint density at radius 2 is 1.71 bits per heavy atom. The molecule has 0 aliphatic heterocycles. The van der Waals surface area contributed by atoms with Crippen LogP contribution in [0.2, 0.25) is 19.6 Å². The van der Waals surface area contributed by atoms with Crippen LogP contribution in [0.4, 0.5) is 0 Å². The van der Waals surface area contributed by atoms with Gasteiger partial charge in [-0.3, -0.25) is 9.36 Å². The standard InChI is InChI=1S/C8H19O4PSi/c1-7(11-13(2,3)10)8(9)12-14(4,5)6/h7H,1-6H3. The molecule has 0 rings (SSSR count). The van der Waals surface area contributed by atoms with Gasteiger partial charge in [-0.2, -0.15) is 0 Å². The Morgan fingerprint density at radius 3 is 2.00 bits per heavy atom. The summed E-state index contributed by atoms with van der Waals surface area (Å²) in [5.41, 5.74) is 0. The van der Waals surface area contributed by atoms with E-state index in [0.29, 0.717) is 0 Å². The maximum absolute atomic E-state index is 11.4. The molecule has 0 heterocycles. The van der Waals surface area contributed by atoms with Crippen molar-refractivity contribution in [2.24, 2.45) is 0 Å². The van der Waals surface area contributed by atoms with E-state index in [2.05, 4.69) is 0 Å². The van der Waals surface area contributed by atoms with E-state index in [4.69, 9.17) is 8.95 Å². The molecular weight excluding hydrogens is 219 g/mol. The van der Waals surface area contributed by atoms with E-state index in [0.717, 1.165) is 0 Å². The van der Waals surface area contributed by atoms with Crippen molar-refractivity contribution in [2.45, 2.75) is 32.7 Å². The molecular formula is C8H19O4PSi. The fourth-order valence-corrected chi connectivity index (χ4v) is 2.43. The van der Waals surface area contributed by atoms with Crippen molar-refractivity contribution in [3.8, 4) is 0 Å². The van der Waals surface area contributed by atoms with Crippen LogP contribution in [0.1, 0.15) is 6.92 Å². The van der Waals surface area contributed by atoms with Gasteiger partial charge in [-0.1, -0.05) is 0 Å². The monoisotopic (exact) mass is 238 g/mol. The van der Waals surface area contributed by atoms with Crippen LogP contribution in [0.25, 0.3) is 0 Å². The predicted octanol–water partition coefficient (Wildman–Crippen LogP) is 2.31. The van der Waals surface area contributed by atoms with Crippen molar-refractivity contribution >= 4 is 21.7 Å². The molecule has 0 amide bonds. The van der Waals surface area contributed by atoms with E-state index in [1.165, 1.54) is 13.3 Å². The largest absolute Gasteiger partial charge is 0.518 e. The van der Waals surface area contributed by atoms with Crippen LogP contribution in [0.15, 0.2) is 0 Å². The summed E-state index contributed by atoms with van der Waals surface area (Å²) in [4.78, 5) is 11.4. The third-order valence-corrected chi connectivity index (χ3v) is 2.79. The lowest BCUT2D eigenvalue weighted by Crippen LogP contribution is -2.34. The van der Waals surface area contributed by atoms with Crippen molar-refractivity contribution in [1.82, 2.24) is 0 Å². The topological polar surface area (TPSA) is 52.6 Å². The van der Waals surface area contributed by atoms with Crippen LogP contribution in [0.5, 0.6) is 0 Å². The zero-order valence-electron chi connectivity index (χ0n) is 9.66. The molecule has 1 atom stereocenters. The van der Waals surface area contributed by atoms with E-state index >= 15 is 0 Å². The molecule has 0 saturated carbocycles. The molecule has 0 saturated heterocycles. The van der Waals surface area contributed by atoms with E-state index in [1.54, 1.807) is 6.92 Å². The van der Waals surface area contributed by atoms with Crippen LogP contribution < -0.4 is 0 Å². The summed E-state index contributed by atoms with van der Waals surface area (Å²) in [5.74, 6) is -0.423. The highest BCUT2D eigenvalue weighted by Crippen LogP contribution is 2.39. The predicted molar refractivity (Wildman–Crippen MR) is 59.4 cm³/mol. The molecule has 4 nitrogen and oxygen atoms in total. The maximum Gasteiger partial charge on any atom is 0.322 e. The molecule has 0 aromatic heterocycles. The van der Waals surface area contributed by atoms with Gasteiger partial charge in [-0.15, -0.1) is 0 Å². The van der Waals surface area contributed by atoms with E-state index in [9.17, 15) is 9.36 Å². The number of hydrogen-bond acceptors (Lipinski definition) is 4. The van der Waals surface area contributed by atoms with Gasteiger partial charge in [0.05, 0.1) is 0 Å². The summed E-state index contributed by atoms with van der Waals surface area (Å²) in [6.45, 7) is 10.2. The summed E-state index contributed by atoms with van der Waals surface area (Å²) in [5, 5.41) is 0. The highest BCUT2D eigenvalue weighted by molar-refractivity contribution is 7.57. The minimum Gasteiger partial charge on any atom is -0.518 e. The first kappa shape index (κ1) is 13.9. The van der Waals surface area contributed by atoms with Gasteiger partial charge in [-0.25, -0.2) is 0 Å². The van der Waals surface area contributed by atoms with Gasteiger partial charge < -0.3 is 8.95 Å². The summed E-state index contributed by atoms with van der Waals surface area (Å²) in [6, 6.07) is 0. The quantitative estimate of drug-likeness (QED) is 0.557. The maximum atomic E-state index is 11.4. The molecule has 0 aliphatic rings. The second-order valence-electron chi connectivity index (χ2n) is 4.53. The molecule has 6 heteroatoms. The first-order valence-electron chi connectivity index (χ1n) is 4.47. The molecule has 0 N–H and O–H groups in total. The van der Waals surface area contributed by atoms with Crippen LogP contribution in [-0.2, 0) is 18.3 Å². The fourth-order valence-electron chi connectivity index (χ4n) is 0.809. The summed E-state index contributed by atoms with van der Waals surface area (Å²) in [6.07, 6.45) is -0.748. The third kappa shape index (κ3) is 7.30. The highest BCUT2D eigenvalue weighted by atomic mass is 31.2.